The Morgan fingerprint density at radius 1 is 1.33 bits per heavy atom. The number of thioether (sulfide) groups is 1. The van der Waals surface area contributed by atoms with E-state index in [-0.39, 0.29) is 28.6 Å². The van der Waals surface area contributed by atoms with Crippen molar-refractivity contribution in [3.63, 3.8) is 0 Å². The normalized spacial score (nSPS) is 33.4. The number of hydrogen-bond donors (Lipinski definition) is 1. The predicted molar refractivity (Wildman–Crippen MR) is 77.7 cm³/mol. The fourth-order valence-electron chi connectivity index (χ4n) is 3.56. The molecule has 1 N–H and O–H groups in total. The molecule has 0 aromatic carbocycles. The summed E-state index contributed by atoms with van der Waals surface area (Å²) in [6, 6.07) is -0.364. The lowest BCUT2D eigenvalue weighted by atomic mass is 9.96. The Labute approximate surface area is 127 Å². The highest BCUT2D eigenvalue weighted by Gasteiger charge is 2.53. The van der Waals surface area contributed by atoms with Crippen molar-refractivity contribution < 1.29 is 19.5 Å². The number of nitrogens with zero attached hydrogens (tertiary/aromatic N) is 2. The third-order valence-electron chi connectivity index (χ3n) is 4.89. The number of carbonyl (C=O) groups excluding carboxylic acids is 2. The highest BCUT2D eigenvalue weighted by atomic mass is 32.2. The van der Waals surface area contributed by atoms with Gasteiger partial charge in [-0.3, -0.25) is 14.4 Å². The average molecular weight is 312 g/mol. The van der Waals surface area contributed by atoms with Crippen LogP contribution in [-0.4, -0.2) is 62.4 Å². The van der Waals surface area contributed by atoms with E-state index in [0.717, 1.165) is 6.42 Å². The van der Waals surface area contributed by atoms with Crippen molar-refractivity contribution in [3.8, 4) is 0 Å². The molecular formula is C14H20N2O4S. The fourth-order valence-corrected chi connectivity index (χ4v) is 4.98. The van der Waals surface area contributed by atoms with Crippen LogP contribution < -0.4 is 0 Å². The minimum atomic E-state index is -0.777. The van der Waals surface area contributed by atoms with E-state index in [9.17, 15) is 14.4 Å². The van der Waals surface area contributed by atoms with Crippen LogP contribution in [0.4, 0.5) is 0 Å². The first-order chi connectivity index (χ1) is 9.92. The lowest BCUT2D eigenvalue weighted by molar-refractivity contribution is -0.148. The van der Waals surface area contributed by atoms with Gasteiger partial charge in [-0.25, -0.2) is 0 Å². The number of carboxylic acids is 1. The maximum Gasteiger partial charge on any atom is 0.306 e. The van der Waals surface area contributed by atoms with E-state index in [1.165, 1.54) is 0 Å². The van der Waals surface area contributed by atoms with E-state index < -0.39 is 5.97 Å². The molecule has 3 rings (SSSR count). The molecule has 2 unspecified atom stereocenters. The van der Waals surface area contributed by atoms with Gasteiger partial charge in [-0.2, -0.15) is 0 Å². The van der Waals surface area contributed by atoms with Gasteiger partial charge in [0.2, 0.25) is 11.8 Å². The van der Waals surface area contributed by atoms with Crippen molar-refractivity contribution in [3.05, 3.63) is 0 Å². The van der Waals surface area contributed by atoms with Crippen molar-refractivity contribution in [2.75, 3.05) is 18.8 Å². The molecule has 2 atom stereocenters. The zero-order valence-electron chi connectivity index (χ0n) is 12.1. The first kappa shape index (κ1) is 14.7. The summed E-state index contributed by atoms with van der Waals surface area (Å²) >= 11 is 1.69. The standard InChI is InChI=1S/C14H20N2O4S/c1-14-5-2-11(17)16(14)10(8-21-14)12(18)15-6-3-9(4-7-15)13(19)20/h9-10H,2-8H2,1H3,(H,19,20). The smallest absolute Gasteiger partial charge is 0.306 e. The zero-order chi connectivity index (χ0) is 15.2. The SMILES string of the molecule is CC12CCC(=O)N1C(C(=O)N1CCC(C(=O)O)CC1)CS2. The summed E-state index contributed by atoms with van der Waals surface area (Å²) in [5.74, 6) is -0.405. The molecule has 3 saturated heterocycles. The second-order valence-electron chi connectivity index (χ2n) is 6.20. The lowest BCUT2D eigenvalue weighted by Gasteiger charge is -2.35. The van der Waals surface area contributed by atoms with E-state index in [4.69, 9.17) is 5.11 Å². The van der Waals surface area contributed by atoms with Gasteiger partial charge in [0.15, 0.2) is 0 Å². The maximum atomic E-state index is 12.7. The van der Waals surface area contributed by atoms with Crippen LogP contribution in [0.5, 0.6) is 0 Å². The molecule has 7 heteroatoms. The molecule has 116 valence electrons. The molecule has 0 radical (unpaired) electrons. The highest BCUT2D eigenvalue weighted by Crippen LogP contribution is 2.47. The second-order valence-corrected chi connectivity index (χ2v) is 7.70. The first-order valence-electron chi connectivity index (χ1n) is 7.40. The molecular weight excluding hydrogens is 292 g/mol. The van der Waals surface area contributed by atoms with Crippen molar-refractivity contribution in [1.29, 1.82) is 0 Å². The Bertz CT molecular complexity index is 489. The summed E-state index contributed by atoms with van der Waals surface area (Å²) in [5.41, 5.74) is 0. The summed E-state index contributed by atoms with van der Waals surface area (Å²) in [7, 11) is 0. The number of aliphatic carboxylic acids is 1. The monoisotopic (exact) mass is 312 g/mol. The van der Waals surface area contributed by atoms with E-state index in [0.29, 0.717) is 38.1 Å². The topological polar surface area (TPSA) is 77.9 Å². The van der Waals surface area contributed by atoms with Crippen molar-refractivity contribution in [2.45, 2.75) is 43.5 Å². The molecule has 0 saturated carbocycles. The first-order valence-corrected chi connectivity index (χ1v) is 8.39. The van der Waals surface area contributed by atoms with Crippen LogP contribution in [-0.2, 0) is 14.4 Å². The molecule has 0 bridgehead atoms. The summed E-state index contributed by atoms with van der Waals surface area (Å²) < 4.78 is 0. The molecule has 6 nitrogen and oxygen atoms in total. The largest absolute Gasteiger partial charge is 0.481 e. The number of rotatable bonds is 2. The minimum absolute atomic E-state index is 0.00897. The van der Waals surface area contributed by atoms with Gasteiger partial charge in [0.25, 0.3) is 0 Å². The van der Waals surface area contributed by atoms with E-state index >= 15 is 0 Å². The van der Waals surface area contributed by atoms with Crippen LogP contribution in [0.3, 0.4) is 0 Å². The fraction of sp³-hybridized carbons (Fsp3) is 0.786. The van der Waals surface area contributed by atoms with Gasteiger partial charge in [-0.05, 0) is 26.2 Å². The van der Waals surface area contributed by atoms with Crippen molar-refractivity contribution in [2.24, 2.45) is 5.92 Å². The summed E-state index contributed by atoms with van der Waals surface area (Å²) in [6.07, 6.45) is 2.34. The Hall–Kier alpha value is -1.24. The molecule has 3 fully saturated rings. The number of carboxylic acid groups (broad SMARTS) is 1. The summed E-state index contributed by atoms with van der Waals surface area (Å²) in [5, 5.41) is 9.01. The number of fused-ring (bicyclic) bond motifs is 1. The van der Waals surface area contributed by atoms with Crippen LogP contribution in [0, 0.1) is 5.92 Å². The van der Waals surface area contributed by atoms with E-state index in [1.54, 1.807) is 21.6 Å². The van der Waals surface area contributed by atoms with Gasteiger partial charge in [0, 0.05) is 25.3 Å². The second kappa shape index (κ2) is 5.19. The van der Waals surface area contributed by atoms with Gasteiger partial charge in [-0.1, -0.05) is 0 Å². The van der Waals surface area contributed by atoms with Gasteiger partial charge >= 0.3 is 5.97 Å². The molecule has 0 aromatic heterocycles. The Morgan fingerprint density at radius 3 is 2.62 bits per heavy atom. The maximum absolute atomic E-state index is 12.7. The van der Waals surface area contributed by atoms with Gasteiger partial charge < -0.3 is 14.9 Å². The lowest BCUT2D eigenvalue weighted by Crippen LogP contribution is -2.53. The van der Waals surface area contributed by atoms with E-state index in [1.807, 2.05) is 6.92 Å². The van der Waals surface area contributed by atoms with Crippen LogP contribution in [0.25, 0.3) is 0 Å². The van der Waals surface area contributed by atoms with Crippen LogP contribution >= 0.6 is 11.8 Å². The number of likely N-dealkylation sites (tertiary alicyclic amines) is 1. The minimum Gasteiger partial charge on any atom is -0.481 e. The summed E-state index contributed by atoms with van der Waals surface area (Å²) in [6.45, 7) is 3.00. The average Bonchev–Trinajstić information content (AvgIpc) is 2.95. The predicted octanol–water partition coefficient (Wildman–Crippen LogP) is 0.764. The molecule has 2 amide bonds. The third kappa shape index (κ3) is 2.41. The highest BCUT2D eigenvalue weighted by molar-refractivity contribution is 8.01. The number of hydrogen-bond acceptors (Lipinski definition) is 4. The number of piperidine rings is 1. The quantitative estimate of drug-likeness (QED) is 0.814. The Morgan fingerprint density at radius 2 is 2.00 bits per heavy atom. The Kier molecular flexibility index (Phi) is 3.63. The molecule has 3 aliphatic rings. The van der Waals surface area contributed by atoms with Crippen LogP contribution in [0.2, 0.25) is 0 Å². The molecule has 3 aliphatic heterocycles. The molecule has 3 heterocycles. The third-order valence-corrected chi connectivity index (χ3v) is 6.39. The van der Waals surface area contributed by atoms with Crippen molar-refractivity contribution in [1.82, 2.24) is 9.80 Å². The van der Waals surface area contributed by atoms with Crippen LogP contribution in [0.15, 0.2) is 0 Å². The van der Waals surface area contributed by atoms with Gasteiger partial charge in [0.05, 0.1) is 10.8 Å². The molecule has 0 aliphatic carbocycles. The van der Waals surface area contributed by atoms with Gasteiger partial charge in [0.1, 0.15) is 6.04 Å². The summed E-state index contributed by atoms with van der Waals surface area (Å²) in [4.78, 5) is 39.0. The van der Waals surface area contributed by atoms with E-state index in [2.05, 4.69) is 0 Å². The van der Waals surface area contributed by atoms with Crippen molar-refractivity contribution >= 4 is 29.5 Å². The Balaban J connectivity index is 1.67. The number of amides is 2. The van der Waals surface area contributed by atoms with Gasteiger partial charge in [-0.15, -0.1) is 11.8 Å². The zero-order valence-corrected chi connectivity index (χ0v) is 12.9. The molecule has 21 heavy (non-hydrogen) atoms. The molecule has 0 aromatic rings. The van der Waals surface area contributed by atoms with Crippen LogP contribution in [0.1, 0.15) is 32.6 Å². The molecule has 0 spiro atoms. The number of carbonyl (C=O) groups is 3.